The second-order valence-corrected chi connectivity index (χ2v) is 10.9. The molecule has 0 aliphatic heterocycles. The molecule has 5 atom stereocenters. The van der Waals surface area contributed by atoms with E-state index in [1.54, 1.807) is 26.8 Å². The van der Waals surface area contributed by atoms with E-state index in [4.69, 9.17) is 24.7 Å². The van der Waals surface area contributed by atoms with E-state index >= 15 is 0 Å². The Hall–Kier alpha value is -3.14. The van der Waals surface area contributed by atoms with E-state index in [0.29, 0.717) is 18.4 Å². The summed E-state index contributed by atoms with van der Waals surface area (Å²) in [4.78, 5) is 48.9. The predicted octanol–water partition coefficient (Wildman–Crippen LogP) is 4.92. The monoisotopic (exact) mass is 537 g/mol. The summed E-state index contributed by atoms with van der Waals surface area (Å²) in [5.74, 6) is -4.46. The number of hydrogen-bond acceptors (Lipinski definition) is 9. The van der Waals surface area contributed by atoms with Crippen molar-refractivity contribution in [3.63, 3.8) is 0 Å². The Kier molecular flexibility index (Phi) is 12.7. The lowest BCUT2D eigenvalue weighted by Crippen LogP contribution is -2.40. The van der Waals surface area contributed by atoms with Gasteiger partial charge in [0, 0.05) is 5.92 Å². The Bertz CT molecular complexity index is 970. The number of esters is 2. The summed E-state index contributed by atoms with van der Waals surface area (Å²) in [5, 5.41) is 9.68. The van der Waals surface area contributed by atoms with E-state index < -0.39 is 47.9 Å². The summed E-state index contributed by atoms with van der Waals surface area (Å²) < 4.78 is 21.4. The molecule has 0 aliphatic rings. The van der Waals surface area contributed by atoms with Crippen molar-refractivity contribution < 1.29 is 43.2 Å². The van der Waals surface area contributed by atoms with Gasteiger partial charge in [-0.25, -0.2) is 4.79 Å². The maximum Gasteiger partial charge on any atom is 0.508 e. The molecule has 214 valence electrons. The van der Waals surface area contributed by atoms with Gasteiger partial charge in [0.15, 0.2) is 11.5 Å². The van der Waals surface area contributed by atoms with Crippen LogP contribution in [0, 0.1) is 23.2 Å². The van der Waals surface area contributed by atoms with Crippen LogP contribution >= 0.6 is 0 Å². The maximum atomic E-state index is 12.6. The van der Waals surface area contributed by atoms with Gasteiger partial charge in [0.2, 0.25) is 0 Å². The Morgan fingerprint density at radius 2 is 1.42 bits per heavy atom. The van der Waals surface area contributed by atoms with Crippen LogP contribution in [0.25, 0.3) is 0 Å². The minimum absolute atomic E-state index is 0.0234. The Balaban J connectivity index is 3.33. The Morgan fingerprint density at radius 3 is 1.89 bits per heavy atom. The summed E-state index contributed by atoms with van der Waals surface area (Å²) in [6, 6.07) is 3.08. The smallest absolute Gasteiger partial charge is 0.480 e. The molecule has 0 spiro atoms. The van der Waals surface area contributed by atoms with Crippen molar-refractivity contribution in [3.8, 4) is 11.5 Å². The molecule has 38 heavy (non-hydrogen) atoms. The number of carbonyl (C=O) groups excluding carboxylic acids is 3. The SMILES string of the molecule is CCC(C)C(=O)Oc1ccc(C(C(C)COC(=O)OCC(C)(C)C)[C@H](N)C(=O)O)cc1OC(=O)C(C)CC. The lowest BCUT2D eigenvalue weighted by molar-refractivity contribution is -0.141. The predicted molar refractivity (Wildman–Crippen MR) is 141 cm³/mol. The molecule has 10 heteroatoms. The number of hydrogen-bond donors (Lipinski definition) is 2. The number of carboxylic acids is 1. The number of aliphatic carboxylic acids is 1. The van der Waals surface area contributed by atoms with Gasteiger partial charge in [-0.2, -0.15) is 0 Å². The highest BCUT2D eigenvalue weighted by molar-refractivity contribution is 5.79. The molecule has 0 amide bonds. The van der Waals surface area contributed by atoms with Crippen molar-refractivity contribution >= 4 is 24.1 Å². The molecular weight excluding hydrogens is 494 g/mol. The van der Waals surface area contributed by atoms with Crippen LogP contribution in [0.3, 0.4) is 0 Å². The van der Waals surface area contributed by atoms with Crippen molar-refractivity contribution in [3.05, 3.63) is 23.8 Å². The number of benzene rings is 1. The van der Waals surface area contributed by atoms with E-state index in [0.717, 1.165) is 0 Å². The summed E-state index contributed by atoms with van der Waals surface area (Å²) >= 11 is 0. The highest BCUT2D eigenvalue weighted by atomic mass is 16.7. The number of rotatable bonds is 13. The van der Waals surface area contributed by atoms with E-state index in [2.05, 4.69) is 0 Å². The molecule has 10 nitrogen and oxygen atoms in total. The third-order valence-corrected chi connectivity index (χ3v) is 6.18. The fraction of sp³-hybridized carbons (Fsp3) is 0.643. The van der Waals surface area contributed by atoms with Crippen LogP contribution < -0.4 is 15.2 Å². The van der Waals surface area contributed by atoms with Gasteiger partial charge in [-0.3, -0.25) is 14.4 Å². The first-order valence-electron chi connectivity index (χ1n) is 13.0. The van der Waals surface area contributed by atoms with Gasteiger partial charge in [-0.1, -0.05) is 61.5 Å². The number of carboxylic acid groups (broad SMARTS) is 1. The molecular formula is C28H43NO9. The third-order valence-electron chi connectivity index (χ3n) is 6.18. The third kappa shape index (κ3) is 10.3. The van der Waals surface area contributed by atoms with Crippen LogP contribution in [0.2, 0.25) is 0 Å². The standard InChI is InChI=1S/C28H43NO9/c1-9-16(3)25(32)37-20-12-11-19(13-21(20)38-26(33)17(4)10-2)22(23(29)24(30)31)18(5)14-35-27(34)36-15-28(6,7)8/h11-13,16-18,22-23H,9-10,14-15,29H2,1-8H3,(H,30,31)/t16?,17?,18?,22?,23-/m0/s1. The van der Waals surface area contributed by atoms with Gasteiger partial charge in [-0.05, 0) is 41.9 Å². The van der Waals surface area contributed by atoms with Gasteiger partial charge >= 0.3 is 24.1 Å². The molecule has 3 N–H and O–H groups in total. The Labute approximate surface area is 225 Å². The number of nitrogens with two attached hydrogens (primary N) is 1. The molecule has 0 radical (unpaired) electrons. The molecule has 1 aromatic carbocycles. The molecule has 0 aliphatic carbocycles. The van der Waals surface area contributed by atoms with E-state index in [1.165, 1.54) is 12.1 Å². The first-order valence-corrected chi connectivity index (χ1v) is 13.0. The normalized spacial score (nSPS) is 15.4. The van der Waals surface area contributed by atoms with E-state index in [1.807, 2.05) is 34.6 Å². The van der Waals surface area contributed by atoms with Gasteiger partial charge in [0.25, 0.3) is 0 Å². The van der Waals surface area contributed by atoms with Crippen LogP contribution in [0.1, 0.15) is 79.7 Å². The molecule has 0 saturated carbocycles. The average molecular weight is 538 g/mol. The summed E-state index contributed by atoms with van der Waals surface area (Å²) in [7, 11) is 0. The first kappa shape index (κ1) is 32.9. The van der Waals surface area contributed by atoms with Crippen LogP contribution in [0.15, 0.2) is 18.2 Å². The van der Waals surface area contributed by atoms with Crippen LogP contribution in [-0.2, 0) is 23.9 Å². The van der Waals surface area contributed by atoms with Gasteiger partial charge in [-0.15, -0.1) is 0 Å². The largest absolute Gasteiger partial charge is 0.508 e. The van der Waals surface area contributed by atoms with Crippen molar-refractivity contribution in [1.29, 1.82) is 0 Å². The summed E-state index contributed by atoms with van der Waals surface area (Å²) in [5.41, 5.74) is 6.21. The van der Waals surface area contributed by atoms with Crippen molar-refractivity contribution in [2.45, 2.75) is 80.2 Å². The zero-order valence-electron chi connectivity index (χ0n) is 23.7. The summed E-state index contributed by atoms with van der Waals surface area (Å²) in [6.45, 7) is 14.5. The molecule has 1 rings (SSSR count). The quantitative estimate of drug-likeness (QED) is 0.262. The molecule has 0 saturated heterocycles. The minimum atomic E-state index is -1.37. The topological polar surface area (TPSA) is 151 Å². The highest BCUT2D eigenvalue weighted by Crippen LogP contribution is 2.36. The van der Waals surface area contributed by atoms with Crippen molar-refractivity contribution in [2.24, 2.45) is 28.9 Å². The highest BCUT2D eigenvalue weighted by Gasteiger charge is 2.33. The van der Waals surface area contributed by atoms with E-state index in [-0.39, 0.29) is 36.0 Å². The van der Waals surface area contributed by atoms with E-state index in [9.17, 15) is 24.3 Å². The maximum absolute atomic E-state index is 12.6. The minimum Gasteiger partial charge on any atom is -0.480 e. The lowest BCUT2D eigenvalue weighted by atomic mass is 9.82. The fourth-order valence-electron chi connectivity index (χ4n) is 3.31. The van der Waals surface area contributed by atoms with Crippen LogP contribution in [0.5, 0.6) is 11.5 Å². The molecule has 4 unspecified atom stereocenters. The molecule has 0 fully saturated rings. The van der Waals surface area contributed by atoms with Crippen LogP contribution in [-0.4, -0.2) is 48.4 Å². The summed E-state index contributed by atoms with van der Waals surface area (Å²) in [6.07, 6.45) is 0.224. The number of carbonyl (C=O) groups is 4. The second kappa shape index (κ2) is 14.7. The molecule has 0 bridgehead atoms. The molecule has 1 aromatic rings. The zero-order valence-corrected chi connectivity index (χ0v) is 23.7. The molecule has 0 aromatic heterocycles. The van der Waals surface area contributed by atoms with Crippen molar-refractivity contribution in [1.82, 2.24) is 0 Å². The number of ether oxygens (including phenoxy) is 4. The van der Waals surface area contributed by atoms with Crippen LogP contribution in [0.4, 0.5) is 4.79 Å². The Morgan fingerprint density at radius 1 is 0.895 bits per heavy atom. The fourth-order valence-corrected chi connectivity index (χ4v) is 3.31. The van der Waals surface area contributed by atoms with Crippen molar-refractivity contribution in [2.75, 3.05) is 13.2 Å². The first-order chi connectivity index (χ1) is 17.6. The molecule has 0 heterocycles. The lowest BCUT2D eigenvalue weighted by Gasteiger charge is -2.28. The van der Waals surface area contributed by atoms with Gasteiger partial charge in [0.05, 0.1) is 25.0 Å². The second-order valence-electron chi connectivity index (χ2n) is 10.9. The van der Waals surface area contributed by atoms with Gasteiger partial charge in [0.1, 0.15) is 6.04 Å². The zero-order chi connectivity index (χ0) is 29.2. The van der Waals surface area contributed by atoms with Gasteiger partial charge < -0.3 is 29.8 Å². The average Bonchev–Trinajstić information content (AvgIpc) is 2.85.